The lowest BCUT2D eigenvalue weighted by Gasteiger charge is -2.11. The standard InChI is InChI=1S/C14H23ClN4O/c1-5-19-14-13(11(4)17-19)16-12(8-15)18(14)6-7-20-9-10(2)3/h10H,5-9H2,1-4H3. The van der Waals surface area contributed by atoms with Gasteiger partial charge in [0.05, 0.1) is 18.2 Å². The number of aryl methyl sites for hydroxylation is 2. The van der Waals surface area contributed by atoms with Gasteiger partial charge in [0, 0.05) is 19.7 Å². The molecule has 20 heavy (non-hydrogen) atoms. The summed E-state index contributed by atoms with van der Waals surface area (Å²) in [4.78, 5) is 4.61. The molecule has 0 radical (unpaired) electrons. The van der Waals surface area contributed by atoms with Crippen LogP contribution in [0.5, 0.6) is 0 Å². The van der Waals surface area contributed by atoms with Crippen LogP contribution in [0, 0.1) is 12.8 Å². The second kappa shape index (κ2) is 6.59. The van der Waals surface area contributed by atoms with Crippen molar-refractivity contribution in [3.63, 3.8) is 0 Å². The van der Waals surface area contributed by atoms with Crippen molar-refractivity contribution in [2.24, 2.45) is 5.92 Å². The van der Waals surface area contributed by atoms with Gasteiger partial charge in [-0.05, 0) is 19.8 Å². The molecule has 2 heterocycles. The van der Waals surface area contributed by atoms with Crippen LogP contribution in [0.2, 0.25) is 0 Å². The summed E-state index contributed by atoms with van der Waals surface area (Å²) >= 11 is 6.02. The summed E-state index contributed by atoms with van der Waals surface area (Å²) in [6.45, 7) is 11.4. The van der Waals surface area contributed by atoms with Crippen LogP contribution in [0.25, 0.3) is 11.2 Å². The molecule has 0 aromatic carbocycles. The predicted molar refractivity (Wildman–Crippen MR) is 81.1 cm³/mol. The third kappa shape index (κ3) is 2.99. The van der Waals surface area contributed by atoms with Gasteiger partial charge < -0.3 is 9.30 Å². The van der Waals surface area contributed by atoms with Crippen LogP contribution in [0.1, 0.15) is 32.3 Å². The van der Waals surface area contributed by atoms with Crippen molar-refractivity contribution in [1.82, 2.24) is 19.3 Å². The molecule has 0 N–H and O–H groups in total. The van der Waals surface area contributed by atoms with Gasteiger partial charge in [0.1, 0.15) is 11.3 Å². The number of alkyl halides is 1. The van der Waals surface area contributed by atoms with Gasteiger partial charge in [-0.1, -0.05) is 13.8 Å². The zero-order chi connectivity index (χ0) is 14.7. The van der Waals surface area contributed by atoms with E-state index < -0.39 is 0 Å². The molecular formula is C14H23ClN4O. The normalized spacial score (nSPS) is 11.9. The monoisotopic (exact) mass is 298 g/mol. The molecule has 0 spiro atoms. The minimum absolute atomic E-state index is 0.405. The average Bonchev–Trinajstić information content (AvgIpc) is 2.92. The number of nitrogens with zero attached hydrogens (tertiary/aromatic N) is 4. The number of halogens is 1. The highest BCUT2D eigenvalue weighted by Gasteiger charge is 2.17. The van der Waals surface area contributed by atoms with Crippen molar-refractivity contribution in [3.8, 4) is 0 Å². The Morgan fingerprint density at radius 3 is 2.70 bits per heavy atom. The Morgan fingerprint density at radius 2 is 2.10 bits per heavy atom. The Bertz CT molecular complexity index is 573. The zero-order valence-corrected chi connectivity index (χ0v) is 13.4. The average molecular weight is 299 g/mol. The van der Waals surface area contributed by atoms with Crippen molar-refractivity contribution < 1.29 is 4.74 Å². The third-order valence-corrected chi connectivity index (χ3v) is 3.45. The highest BCUT2D eigenvalue weighted by Crippen LogP contribution is 2.20. The lowest BCUT2D eigenvalue weighted by atomic mass is 10.2. The highest BCUT2D eigenvalue weighted by molar-refractivity contribution is 6.16. The summed E-state index contributed by atoms with van der Waals surface area (Å²) in [6, 6.07) is 0. The number of ether oxygens (including phenoxy) is 1. The SMILES string of the molecule is CCn1nc(C)c2nc(CCl)n(CCOCC(C)C)c21. The van der Waals surface area contributed by atoms with E-state index >= 15 is 0 Å². The summed E-state index contributed by atoms with van der Waals surface area (Å²) in [5.74, 6) is 1.84. The minimum atomic E-state index is 0.405. The first kappa shape index (κ1) is 15.3. The molecule has 0 amide bonds. The number of imidazole rings is 1. The Morgan fingerprint density at radius 1 is 1.35 bits per heavy atom. The molecule has 2 aromatic rings. The molecule has 0 atom stereocenters. The molecule has 0 bridgehead atoms. The maximum Gasteiger partial charge on any atom is 0.159 e. The first-order chi connectivity index (χ1) is 9.58. The highest BCUT2D eigenvalue weighted by atomic mass is 35.5. The molecule has 0 saturated carbocycles. The maximum absolute atomic E-state index is 6.02. The van der Waals surface area contributed by atoms with Gasteiger partial charge in [-0.2, -0.15) is 5.10 Å². The largest absolute Gasteiger partial charge is 0.379 e. The molecule has 0 saturated heterocycles. The minimum Gasteiger partial charge on any atom is -0.379 e. The van der Waals surface area contributed by atoms with E-state index in [-0.39, 0.29) is 0 Å². The van der Waals surface area contributed by atoms with Crippen LogP contribution in [0.4, 0.5) is 0 Å². The number of fused-ring (bicyclic) bond motifs is 1. The van der Waals surface area contributed by atoms with Gasteiger partial charge in [0.15, 0.2) is 5.65 Å². The van der Waals surface area contributed by atoms with Crippen LogP contribution in [0.15, 0.2) is 0 Å². The van der Waals surface area contributed by atoms with E-state index in [0.29, 0.717) is 18.4 Å². The lowest BCUT2D eigenvalue weighted by molar-refractivity contribution is 0.103. The molecule has 0 aliphatic carbocycles. The van der Waals surface area contributed by atoms with Crippen molar-refractivity contribution in [2.45, 2.75) is 46.7 Å². The molecule has 0 aliphatic rings. The number of rotatable bonds is 7. The Labute approximate surface area is 124 Å². The number of hydrogen-bond donors (Lipinski definition) is 0. The second-order valence-corrected chi connectivity index (χ2v) is 5.62. The topological polar surface area (TPSA) is 44.9 Å². The van der Waals surface area contributed by atoms with E-state index in [4.69, 9.17) is 16.3 Å². The number of hydrogen-bond acceptors (Lipinski definition) is 3. The Hall–Kier alpha value is -1.07. The fourth-order valence-electron chi connectivity index (χ4n) is 2.30. The Kier molecular flexibility index (Phi) is 5.05. The van der Waals surface area contributed by atoms with Crippen molar-refractivity contribution >= 4 is 22.8 Å². The summed E-state index contributed by atoms with van der Waals surface area (Å²) in [6.07, 6.45) is 0. The van der Waals surface area contributed by atoms with E-state index in [0.717, 1.165) is 42.4 Å². The van der Waals surface area contributed by atoms with E-state index in [9.17, 15) is 0 Å². The molecule has 0 fully saturated rings. The first-order valence-corrected chi connectivity index (χ1v) is 7.68. The van der Waals surface area contributed by atoms with Gasteiger partial charge in [-0.3, -0.25) is 0 Å². The van der Waals surface area contributed by atoms with Crippen LogP contribution in [-0.2, 0) is 23.7 Å². The molecule has 112 valence electrons. The van der Waals surface area contributed by atoms with Crippen molar-refractivity contribution in [1.29, 1.82) is 0 Å². The van der Waals surface area contributed by atoms with Crippen molar-refractivity contribution in [2.75, 3.05) is 13.2 Å². The van der Waals surface area contributed by atoms with E-state index in [1.807, 2.05) is 11.6 Å². The third-order valence-electron chi connectivity index (χ3n) is 3.21. The molecule has 2 aromatic heterocycles. The fraction of sp³-hybridized carbons (Fsp3) is 0.714. The maximum atomic E-state index is 6.02. The first-order valence-electron chi connectivity index (χ1n) is 7.14. The van der Waals surface area contributed by atoms with Gasteiger partial charge in [0.25, 0.3) is 0 Å². The number of aromatic nitrogens is 4. The van der Waals surface area contributed by atoms with Crippen LogP contribution in [0.3, 0.4) is 0 Å². The summed E-state index contributed by atoms with van der Waals surface area (Å²) in [5, 5.41) is 4.51. The van der Waals surface area contributed by atoms with Gasteiger partial charge in [-0.15, -0.1) is 11.6 Å². The zero-order valence-electron chi connectivity index (χ0n) is 12.7. The van der Waals surface area contributed by atoms with Gasteiger partial charge >= 0.3 is 0 Å². The van der Waals surface area contributed by atoms with Crippen LogP contribution < -0.4 is 0 Å². The van der Waals surface area contributed by atoms with E-state index in [1.165, 1.54) is 0 Å². The van der Waals surface area contributed by atoms with Crippen molar-refractivity contribution in [3.05, 3.63) is 11.5 Å². The smallest absolute Gasteiger partial charge is 0.159 e. The molecule has 2 rings (SSSR count). The Balaban J connectivity index is 2.25. The second-order valence-electron chi connectivity index (χ2n) is 5.36. The molecule has 0 aliphatic heterocycles. The molecular weight excluding hydrogens is 276 g/mol. The molecule has 5 nitrogen and oxygen atoms in total. The molecule has 6 heteroatoms. The van der Waals surface area contributed by atoms with Gasteiger partial charge in [0.2, 0.25) is 0 Å². The summed E-state index contributed by atoms with van der Waals surface area (Å²) in [5.41, 5.74) is 2.95. The molecule has 0 unspecified atom stereocenters. The predicted octanol–water partition coefficient (Wildman–Crippen LogP) is 2.97. The van der Waals surface area contributed by atoms with Gasteiger partial charge in [-0.25, -0.2) is 9.67 Å². The van der Waals surface area contributed by atoms with Crippen LogP contribution in [-0.4, -0.2) is 32.5 Å². The van der Waals surface area contributed by atoms with E-state index in [1.54, 1.807) is 0 Å². The summed E-state index contributed by atoms with van der Waals surface area (Å²) in [7, 11) is 0. The van der Waals surface area contributed by atoms with E-state index in [2.05, 4.69) is 35.4 Å². The van der Waals surface area contributed by atoms with Crippen LogP contribution >= 0.6 is 11.6 Å². The quantitative estimate of drug-likeness (QED) is 0.583. The fourth-order valence-corrected chi connectivity index (χ4v) is 2.51. The lowest BCUT2D eigenvalue weighted by Crippen LogP contribution is -2.13. The summed E-state index contributed by atoms with van der Waals surface area (Å²) < 4.78 is 9.79.